The minimum Gasteiger partial charge on any atom is -0.384 e. The first-order valence-electron chi connectivity index (χ1n) is 11.7. The lowest BCUT2D eigenvalue weighted by molar-refractivity contribution is -0.116. The lowest BCUT2D eigenvalue weighted by atomic mass is 9.76. The number of carbonyl (C=O) groups is 2. The average molecular weight is 618 g/mol. The van der Waals surface area contributed by atoms with Gasteiger partial charge in [0.25, 0.3) is 0 Å². The highest BCUT2D eigenvalue weighted by Crippen LogP contribution is 2.47. The molecule has 5 rings (SSSR count). The minimum absolute atomic E-state index is 0.0597. The van der Waals surface area contributed by atoms with Gasteiger partial charge in [0.2, 0.25) is 11.0 Å². The summed E-state index contributed by atoms with van der Waals surface area (Å²) in [5.41, 5.74) is 9.27. The van der Waals surface area contributed by atoms with E-state index in [-0.39, 0.29) is 28.8 Å². The number of aromatic nitrogens is 2. The van der Waals surface area contributed by atoms with Crippen LogP contribution in [-0.4, -0.2) is 27.6 Å². The summed E-state index contributed by atoms with van der Waals surface area (Å²) in [4.78, 5) is 27.3. The summed E-state index contributed by atoms with van der Waals surface area (Å²) in [7, 11) is 0. The second kappa shape index (κ2) is 11.6. The van der Waals surface area contributed by atoms with Crippen LogP contribution in [0.4, 0.5) is 10.8 Å². The molecule has 0 saturated carbocycles. The van der Waals surface area contributed by atoms with Gasteiger partial charge >= 0.3 is 0 Å². The Bertz CT molecular complexity index is 1580. The smallest absolute Gasteiger partial charge is 0.234 e. The second-order valence-electron chi connectivity index (χ2n) is 8.68. The van der Waals surface area contributed by atoms with E-state index in [0.29, 0.717) is 66.3 Å². The average Bonchev–Trinajstić information content (AvgIpc) is 3.38. The van der Waals surface area contributed by atoms with Gasteiger partial charge in [0.05, 0.1) is 33.4 Å². The molecule has 0 bridgehead atoms. The van der Waals surface area contributed by atoms with Crippen molar-refractivity contribution in [3.05, 3.63) is 85.8 Å². The van der Waals surface area contributed by atoms with E-state index >= 15 is 0 Å². The molecule has 1 atom stereocenters. The number of ketones is 1. The Kier molecular flexibility index (Phi) is 8.16. The molecule has 8 nitrogen and oxygen atoms in total. The zero-order chi connectivity index (χ0) is 27.7. The number of rotatable bonds is 6. The van der Waals surface area contributed by atoms with Crippen molar-refractivity contribution < 1.29 is 9.59 Å². The molecule has 0 radical (unpaired) electrons. The fourth-order valence-electron chi connectivity index (χ4n) is 4.54. The number of nitrogens with zero attached hydrogens (tertiary/aromatic N) is 4. The molecule has 198 valence electrons. The van der Waals surface area contributed by atoms with Crippen LogP contribution in [-0.2, 0) is 9.59 Å². The Morgan fingerprint density at radius 1 is 1.15 bits per heavy atom. The molecular weight excluding hydrogens is 599 g/mol. The molecule has 1 aliphatic heterocycles. The van der Waals surface area contributed by atoms with Gasteiger partial charge in [0.15, 0.2) is 10.1 Å². The van der Waals surface area contributed by atoms with Gasteiger partial charge in [-0.05, 0) is 54.8 Å². The molecule has 3 N–H and O–H groups in total. The van der Waals surface area contributed by atoms with Gasteiger partial charge in [-0.1, -0.05) is 64.0 Å². The van der Waals surface area contributed by atoms with Crippen LogP contribution in [0.25, 0.3) is 0 Å². The number of hydrogen-bond donors (Lipinski definition) is 2. The highest BCUT2D eigenvalue weighted by atomic mass is 35.5. The first kappa shape index (κ1) is 27.5. The molecule has 1 amide bonds. The minimum atomic E-state index is -0.665. The van der Waals surface area contributed by atoms with E-state index in [2.05, 4.69) is 21.6 Å². The summed E-state index contributed by atoms with van der Waals surface area (Å²) in [6, 6.07) is 14.1. The van der Waals surface area contributed by atoms with Gasteiger partial charge in [-0.25, -0.2) is 0 Å². The SMILES string of the molecule is N#CC1=C(N)N(c2nnc(SCC(=O)Nc3ccc(Cl)cc3)s2)C2=C(C(=O)CCC2)C1c1ccc(Cl)c(Cl)c1. The summed E-state index contributed by atoms with van der Waals surface area (Å²) >= 11 is 20.7. The van der Waals surface area contributed by atoms with Crippen LogP contribution < -0.4 is 16.0 Å². The molecule has 39 heavy (non-hydrogen) atoms. The standard InChI is InChI=1S/C26H19Cl3N6O2S2/c27-14-5-7-15(8-6-14)32-21(37)12-38-26-34-33-25(39-26)35-19-2-1-3-20(36)23(19)22(16(11-30)24(35)31)13-4-9-17(28)18(29)10-13/h4-10,22H,1-3,12,31H2,(H,32,37). The van der Waals surface area contributed by atoms with Crippen LogP contribution in [0.1, 0.15) is 30.7 Å². The van der Waals surface area contributed by atoms with E-state index in [1.165, 1.54) is 23.1 Å². The Morgan fingerprint density at radius 2 is 1.92 bits per heavy atom. The highest BCUT2D eigenvalue weighted by molar-refractivity contribution is 8.01. The molecule has 2 aromatic carbocycles. The topological polar surface area (TPSA) is 125 Å². The first-order valence-corrected chi connectivity index (χ1v) is 14.6. The molecule has 2 heterocycles. The number of allylic oxidation sites excluding steroid dienone is 3. The van der Waals surface area contributed by atoms with Crippen molar-refractivity contribution in [1.29, 1.82) is 5.26 Å². The van der Waals surface area contributed by atoms with E-state index in [9.17, 15) is 14.9 Å². The number of hydrogen-bond acceptors (Lipinski definition) is 9. The quantitative estimate of drug-likeness (QED) is 0.299. The zero-order valence-corrected chi connectivity index (χ0v) is 24.0. The maximum Gasteiger partial charge on any atom is 0.234 e. The molecule has 1 aliphatic carbocycles. The van der Waals surface area contributed by atoms with E-state index in [0.717, 1.165) is 0 Å². The number of nitrogens with one attached hydrogen (secondary N) is 1. The fraction of sp³-hybridized carbons (Fsp3) is 0.192. The third-order valence-corrected chi connectivity index (χ3v) is 9.26. The Labute approximate surface area is 247 Å². The summed E-state index contributed by atoms with van der Waals surface area (Å²) in [5, 5.41) is 23.1. The maximum absolute atomic E-state index is 13.3. The van der Waals surface area contributed by atoms with Crippen molar-refractivity contribution in [2.45, 2.75) is 29.5 Å². The van der Waals surface area contributed by atoms with Gasteiger partial charge in [-0.3, -0.25) is 14.5 Å². The van der Waals surface area contributed by atoms with Crippen LogP contribution >= 0.6 is 57.9 Å². The number of amides is 1. The van der Waals surface area contributed by atoms with Crippen molar-refractivity contribution in [3.63, 3.8) is 0 Å². The fourth-order valence-corrected chi connectivity index (χ4v) is 6.65. The molecule has 0 spiro atoms. The highest BCUT2D eigenvalue weighted by Gasteiger charge is 2.41. The van der Waals surface area contributed by atoms with Crippen LogP contribution in [0, 0.1) is 11.3 Å². The monoisotopic (exact) mass is 616 g/mol. The number of anilines is 2. The predicted molar refractivity (Wildman–Crippen MR) is 155 cm³/mol. The lowest BCUT2D eigenvalue weighted by Gasteiger charge is -2.38. The van der Waals surface area contributed by atoms with Gasteiger partial charge in [0.1, 0.15) is 5.82 Å². The maximum atomic E-state index is 13.3. The largest absolute Gasteiger partial charge is 0.384 e. The Hall–Kier alpha value is -3.07. The molecule has 0 saturated heterocycles. The van der Waals surface area contributed by atoms with E-state index in [4.69, 9.17) is 40.5 Å². The number of thioether (sulfide) groups is 1. The molecule has 2 aliphatic rings. The molecule has 1 aromatic heterocycles. The van der Waals surface area contributed by atoms with Crippen molar-refractivity contribution in [3.8, 4) is 6.07 Å². The number of nitrogens with two attached hydrogens (primary N) is 1. The number of Topliss-reactive ketones (excluding diaryl/α,β-unsaturated/α-hetero) is 1. The van der Waals surface area contributed by atoms with E-state index in [1.54, 1.807) is 47.4 Å². The Morgan fingerprint density at radius 3 is 2.64 bits per heavy atom. The molecule has 0 fully saturated rings. The predicted octanol–water partition coefficient (Wildman–Crippen LogP) is 6.53. The Balaban J connectivity index is 1.43. The summed E-state index contributed by atoms with van der Waals surface area (Å²) in [6.45, 7) is 0. The van der Waals surface area contributed by atoms with Gasteiger partial charge in [-0.15, -0.1) is 10.2 Å². The summed E-state index contributed by atoms with van der Waals surface area (Å²) in [5.74, 6) is -0.652. The second-order valence-corrected chi connectivity index (χ2v) is 12.1. The van der Waals surface area contributed by atoms with Crippen LogP contribution in [0.3, 0.4) is 0 Å². The van der Waals surface area contributed by atoms with Crippen molar-refractivity contribution in [2.24, 2.45) is 5.73 Å². The van der Waals surface area contributed by atoms with Crippen molar-refractivity contribution >= 4 is 80.4 Å². The zero-order valence-electron chi connectivity index (χ0n) is 20.1. The number of halogens is 3. The molecule has 1 unspecified atom stereocenters. The number of benzene rings is 2. The molecule has 13 heteroatoms. The van der Waals surface area contributed by atoms with Gasteiger partial charge in [0, 0.05) is 28.4 Å². The third kappa shape index (κ3) is 5.64. The van der Waals surface area contributed by atoms with Crippen LogP contribution in [0.5, 0.6) is 0 Å². The normalized spacial score (nSPS) is 17.2. The summed E-state index contributed by atoms with van der Waals surface area (Å²) < 4.78 is 0.540. The third-order valence-electron chi connectivity index (χ3n) is 6.23. The number of nitriles is 1. The van der Waals surface area contributed by atoms with Crippen LogP contribution in [0.15, 0.2) is 69.5 Å². The van der Waals surface area contributed by atoms with Crippen LogP contribution in [0.2, 0.25) is 15.1 Å². The number of carbonyl (C=O) groups excluding carboxylic acids is 2. The van der Waals surface area contributed by atoms with Crippen molar-refractivity contribution in [2.75, 3.05) is 16.0 Å². The van der Waals surface area contributed by atoms with Crippen molar-refractivity contribution in [1.82, 2.24) is 10.2 Å². The van der Waals surface area contributed by atoms with E-state index < -0.39 is 5.92 Å². The summed E-state index contributed by atoms with van der Waals surface area (Å²) in [6.07, 6.45) is 1.58. The lowest BCUT2D eigenvalue weighted by Crippen LogP contribution is -2.38. The molecule has 3 aromatic rings. The molecular formula is C26H19Cl3N6O2S2. The van der Waals surface area contributed by atoms with Gasteiger partial charge < -0.3 is 11.1 Å². The van der Waals surface area contributed by atoms with Gasteiger partial charge in [-0.2, -0.15) is 5.26 Å². The first-order chi connectivity index (χ1) is 18.8. The van der Waals surface area contributed by atoms with E-state index in [1.807, 2.05) is 0 Å².